The number of benzene rings is 2. The smallest absolute Gasteiger partial charge is 0.416 e. The first-order chi connectivity index (χ1) is 12.7. The van der Waals surface area contributed by atoms with Crippen molar-refractivity contribution in [2.75, 3.05) is 13.7 Å². The molecule has 27 heavy (non-hydrogen) atoms. The molecule has 0 spiro atoms. The van der Waals surface area contributed by atoms with Crippen molar-refractivity contribution in [1.82, 2.24) is 5.32 Å². The molecule has 0 bridgehead atoms. The minimum atomic E-state index is -4.57. The van der Waals surface area contributed by atoms with Crippen molar-refractivity contribution in [2.45, 2.75) is 19.1 Å². The maximum absolute atomic E-state index is 12.7. The van der Waals surface area contributed by atoms with Gasteiger partial charge in [0.25, 0.3) is 5.91 Å². The zero-order chi connectivity index (χ0) is 20.0. The predicted molar refractivity (Wildman–Crippen MR) is 91.3 cm³/mol. The van der Waals surface area contributed by atoms with Gasteiger partial charge in [0.15, 0.2) is 6.61 Å². The van der Waals surface area contributed by atoms with Crippen LogP contribution in [-0.2, 0) is 15.7 Å². The van der Waals surface area contributed by atoms with Crippen molar-refractivity contribution in [2.24, 2.45) is 0 Å². The zero-order valence-corrected chi connectivity index (χ0v) is 14.7. The van der Waals surface area contributed by atoms with E-state index >= 15 is 0 Å². The van der Waals surface area contributed by atoms with Gasteiger partial charge in [0.1, 0.15) is 5.75 Å². The number of esters is 1. The summed E-state index contributed by atoms with van der Waals surface area (Å²) in [5, 5.41) is 2.64. The second-order valence-electron chi connectivity index (χ2n) is 5.69. The van der Waals surface area contributed by atoms with Gasteiger partial charge in [0, 0.05) is 5.56 Å². The molecule has 1 amide bonds. The number of carbonyl (C=O) groups is 2. The van der Waals surface area contributed by atoms with E-state index in [0.717, 1.165) is 17.7 Å². The monoisotopic (exact) mass is 381 g/mol. The summed E-state index contributed by atoms with van der Waals surface area (Å²) in [6.07, 6.45) is -4.57. The lowest BCUT2D eigenvalue weighted by molar-refractivity contribution is -0.137. The van der Waals surface area contributed by atoms with Gasteiger partial charge in [-0.2, -0.15) is 13.2 Å². The van der Waals surface area contributed by atoms with Gasteiger partial charge < -0.3 is 14.8 Å². The van der Waals surface area contributed by atoms with Gasteiger partial charge in [-0.05, 0) is 31.2 Å². The van der Waals surface area contributed by atoms with Crippen LogP contribution < -0.4 is 10.1 Å². The van der Waals surface area contributed by atoms with Crippen molar-refractivity contribution in [3.05, 3.63) is 65.2 Å². The van der Waals surface area contributed by atoms with Crippen molar-refractivity contribution >= 4 is 11.9 Å². The molecule has 2 aromatic rings. The number of ether oxygens (including phenoxy) is 2. The normalized spacial score (nSPS) is 12.2. The first-order valence-electron chi connectivity index (χ1n) is 7.99. The third-order valence-corrected chi connectivity index (χ3v) is 3.74. The van der Waals surface area contributed by atoms with Crippen LogP contribution in [0.25, 0.3) is 0 Å². The highest BCUT2D eigenvalue weighted by atomic mass is 19.4. The minimum Gasteiger partial charge on any atom is -0.496 e. The van der Waals surface area contributed by atoms with E-state index in [9.17, 15) is 22.8 Å². The number of amides is 1. The zero-order valence-electron chi connectivity index (χ0n) is 14.7. The number of carbonyl (C=O) groups excluding carboxylic acids is 2. The lowest BCUT2D eigenvalue weighted by Crippen LogP contribution is -2.31. The van der Waals surface area contributed by atoms with Gasteiger partial charge in [-0.1, -0.05) is 24.3 Å². The van der Waals surface area contributed by atoms with E-state index in [-0.39, 0.29) is 5.56 Å². The fourth-order valence-corrected chi connectivity index (χ4v) is 2.42. The number of rotatable bonds is 6. The highest BCUT2D eigenvalue weighted by Gasteiger charge is 2.31. The number of alkyl halides is 3. The maximum atomic E-state index is 12.7. The Morgan fingerprint density at radius 2 is 1.81 bits per heavy atom. The van der Waals surface area contributed by atoms with Crippen LogP contribution in [0.5, 0.6) is 5.75 Å². The molecule has 0 saturated heterocycles. The van der Waals surface area contributed by atoms with Gasteiger partial charge in [-0.25, -0.2) is 4.79 Å². The Hall–Kier alpha value is -3.03. The van der Waals surface area contributed by atoms with Crippen LogP contribution in [0.1, 0.15) is 34.5 Å². The summed E-state index contributed by atoms with van der Waals surface area (Å²) in [6, 6.07) is 10.5. The summed E-state index contributed by atoms with van der Waals surface area (Å²) >= 11 is 0. The van der Waals surface area contributed by atoms with Crippen LogP contribution in [-0.4, -0.2) is 25.6 Å². The number of halogens is 3. The molecule has 1 N–H and O–H groups in total. The largest absolute Gasteiger partial charge is 0.496 e. The number of hydrogen-bond donors (Lipinski definition) is 1. The predicted octanol–water partition coefficient (Wildman–Crippen LogP) is 3.75. The molecule has 0 heterocycles. The molecule has 0 fully saturated rings. The van der Waals surface area contributed by atoms with Crippen LogP contribution in [0.3, 0.4) is 0 Å². The standard InChI is InChI=1S/C19H18F3NO4/c1-12(15-8-3-4-9-16(15)26-2)23-17(24)11-27-18(25)13-6-5-7-14(10-13)19(20,21)22/h3-10,12H,11H2,1-2H3,(H,23,24). The molecule has 144 valence electrons. The number of para-hydroxylation sites is 1. The summed E-state index contributed by atoms with van der Waals surface area (Å²) in [7, 11) is 1.50. The third kappa shape index (κ3) is 5.47. The maximum Gasteiger partial charge on any atom is 0.416 e. The Balaban J connectivity index is 1.94. The van der Waals surface area contributed by atoms with Crippen LogP contribution >= 0.6 is 0 Å². The Morgan fingerprint density at radius 1 is 1.11 bits per heavy atom. The van der Waals surface area contributed by atoms with Crippen LogP contribution in [0.2, 0.25) is 0 Å². The van der Waals surface area contributed by atoms with E-state index in [1.54, 1.807) is 31.2 Å². The summed E-state index contributed by atoms with van der Waals surface area (Å²) < 4.78 is 48.1. The number of nitrogens with one attached hydrogen (secondary N) is 1. The van der Waals surface area contributed by atoms with Crippen molar-refractivity contribution in [1.29, 1.82) is 0 Å². The van der Waals surface area contributed by atoms with E-state index in [1.165, 1.54) is 13.2 Å². The molecule has 1 unspecified atom stereocenters. The van der Waals surface area contributed by atoms with Gasteiger partial charge in [0.05, 0.1) is 24.3 Å². The van der Waals surface area contributed by atoms with E-state index in [4.69, 9.17) is 9.47 Å². The fraction of sp³-hybridized carbons (Fsp3) is 0.263. The fourth-order valence-electron chi connectivity index (χ4n) is 2.42. The lowest BCUT2D eigenvalue weighted by Gasteiger charge is -2.17. The van der Waals surface area contributed by atoms with Crippen molar-refractivity contribution < 1.29 is 32.2 Å². The Morgan fingerprint density at radius 3 is 2.48 bits per heavy atom. The Kier molecular flexibility index (Phi) is 6.44. The summed E-state index contributed by atoms with van der Waals surface area (Å²) in [4.78, 5) is 23.9. The lowest BCUT2D eigenvalue weighted by atomic mass is 10.1. The van der Waals surface area contributed by atoms with Gasteiger partial charge in [-0.15, -0.1) is 0 Å². The second-order valence-corrected chi connectivity index (χ2v) is 5.69. The molecule has 0 saturated carbocycles. The number of methoxy groups -OCH3 is 1. The molecule has 1 atom stereocenters. The molecular weight excluding hydrogens is 363 g/mol. The van der Waals surface area contributed by atoms with Gasteiger partial charge in [-0.3, -0.25) is 4.79 Å². The topological polar surface area (TPSA) is 64.6 Å². The van der Waals surface area contributed by atoms with Crippen molar-refractivity contribution in [3.63, 3.8) is 0 Å². The minimum absolute atomic E-state index is 0.282. The molecule has 0 radical (unpaired) electrons. The number of hydrogen-bond acceptors (Lipinski definition) is 4. The van der Waals surface area contributed by atoms with E-state index in [2.05, 4.69) is 5.32 Å². The van der Waals surface area contributed by atoms with Crippen LogP contribution in [0, 0.1) is 0 Å². The average molecular weight is 381 g/mol. The first kappa shape index (κ1) is 20.3. The second kappa shape index (κ2) is 8.57. The molecule has 0 aliphatic carbocycles. The van der Waals surface area contributed by atoms with Gasteiger partial charge >= 0.3 is 12.1 Å². The molecule has 0 aromatic heterocycles. The van der Waals surface area contributed by atoms with E-state index < -0.39 is 36.3 Å². The molecule has 0 aliphatic heterocycles. The highest BCUT2D eigenvalue weighted by molar-refractivity contribution is 5.91. The molecule has 5 nitrogen and oxygen atoms in total. The van der Waals surface area contributed by atoms with Crippen LogP contribution in [0.4, 0.5) is 13.2 Å². The average Bonchev–Trinajstić information content (AvgIpc) is 2.65. The molecule has 0 aliphatic rings. The molecule has 2 rings (SSSR count). The highest BCUT2D eigenvalue weighted by Crippen LogP contribution is 2.29. The van der Waals surface area contributed by atoms with Crippen LogP contribution in [0.15, 0.2) is 48.5 Å². The Bertz CT molecular complexity index is 821. The molecular formula is C19H18F3NO4. The van der Waals surface area contributed by atoms with Crippen molar-refractivity contribution in [3.8, 4) is 5.75 Å². The summed E-state index contributed by atoms with van der Waals surface area (Å²) in [5.41, 5.74) is -0.515. The van der Waals surface area contributed by atoms with E-state index in [0.29, 0.717) is 11.8 Å². The Labute approximate surface area is 154 Å². The van der Waals surface area contributed by atoms with E-state index in [1.807, 2.05) is 0 Å². The molecule has 2 aromatic carbocycles. The third-order valence-electron chi connectivity index (χ3n) is 3.74. The summed E-state index contributed by atoms with van der Waals surface area (Å²) in [5.74, 6) is -1.01. The summed E-state index contributed by atoms with van der Waals surface area (Å²) in [6.45, 7) is 1.11. The molecule has 8 heteroatoms. The quantitative estimate of drug-likeness (QED) is 0.774. The van der Waals surface area contributed by atoms with Gasteiger partial charge in [0.2, 0.25) is 0 Å². The SMILES string of the molecule is COc1ccccc1C(C)NC(=O)COC(=O)c1cccc(C(F)(F)F)c1. The first-order valence-corrected chi connectivity index (χ1v) is 7.99.